The first-order valence-corrected chi connectivity index (χ1v) is 16.9. The van der Waals surface area contributed by atoms with E-state index in [9.17, 15) is 39.9 Å². The minimum absolute atomic E-state index is 0.0409. The molecule has 16 heteroatoms. The van der Waals surface area contributed by atoms with Crippen LogP contribution in [0.4, 0.5) is 4.79 Å². The zero-order valence-electron chi connectivity index (χ0n) is 29.7. The summed E-state index contributed by atoms with van der Waals surface area (Å²) in [5.74, 6) is -3.85. The SMILES string of the molecule is [B]C(=O)OCc1ccc(O[C@@H]2O[C@H](C(=O)O)[C@@H](O)[C@H](O)[C@H]2O)c([C@@H](CC(=O)O)NCCOCCO/N=C(\C)CC/C(C)=C/CC/C(C)=C/CC)c1. The number of carboxylic acid groups (broad SMARTS) is 2. The van der Waals surface area contributed by atoms with Crippen molar-refractivity contribution in [3.63, 3.8) is 0 Å². The molecule has 1 heterocycles. The molecule has 51 heavy (non-hydrogen) atoms. The van der Waals surface area contributed by atoms with Gasteiger partial charge in [0.05, 0.1) is 25.3 Å². The molecule has 0 amide bonds. The Hall–Kier alpha value is -3.80. The summed E-state index contributed by atoms with van der Waals surface area (Å²) in [4.78, 5) is 40.0. The molecular formula is C35H51BN2O13. The second-order valence-corrected chi connectivity index (χ2v) is 12.3. The predicted molar refractivity (Wildman–Crippen MR) is 186 cm³/mol. The summed E-state index contributed by atoms with van der Waals surface area (Å²) in [7, 11) is 5.08. The van der Waals surface area contributed by atoms with Gasteiger partial charge in [-0.3, -0.25) is 9.59 Å². The van der Waals surface area contributed by atoms with Crippen molar-refractivity contribution in [3.05, 3.63) is 52.6 Å². The zero-order valence-corrected chi connectivity index (χ0v) is 29.7. The van der Waals surface area contributed by atoms with Gasteiger partial charge in [-0.1, -0.05) is 41.4 Å². The Morgan fingerprint density at radius 2 is 1.71 bits per heavy atom. The number of carbonyl (C=O) groups excluding carboxylic acids is 1. The largest absolute Gasteiger partial charge is 0.481 e. The summed E-state index contributed by atoms with van der Waals surface area (Å²) < 4.78 is 21.5. The van der Waals surface area contributed by atoms with E-state index in [1.807, 2.05) is 6.92 Å². The lowest BCUT2D eigenvalue weighted by atomic mass is 9.98. The van der Waals surface area contributed by atoms with E-state index in [1.54, 1.807) is 0 Å². The maximum Gasteiger partial charge on any atom is 0.335 e. The van der Waals surface area contributed by atoms with Gasteiger partial charge in [0.15, 0.2) is 6.10 Å². The van der Waals surface area contributed by atoms with E-state index >= 15 is 0 Å². The number of ether oxygens (including phenoxy) is 4. The van der Waals surface area contributed by atoms with Crippen LogP contribution in [0.25, 0.3) is 0 Å². The monoisotopic (exact) mass is 718 g/mol. The van der Waals surface area contributed by atoms with Crippen molar-refractivity contribution in [2.24, 2.45) is 5.16 Å². The number of oxime groups is 1. The Labute approximate surface area is 299 Å². The van der Waals surface area contributed by atoms with E-state index in [0.29, 0.717) is 5.56 Å². The maximum atomic E-state index is 11.8. The van der Waals surface area contributed by atoms with Gasteiger partial charge in [0.2, 0.25) is 20.0 Å². The van der Waals surface area contributed by atoms with Crippen LogP contribution in [0.2, 0.25) is 0 Å². The Balaban J connectivity index is 1.98. The Morgan fingerprint density at radius 1 is 0.980 bits per heavy atom. The van der Waals surface area contributed by atoms with Crippen LogP contribution < -0.4 is 10.1 Å². The summed E-state index contributed by atoms with van der Waals surface area (Å²) in [5, 5.41) is 57.0. The highest BCUT2D eigenvalue weighted by Gasteiger charge is 2.48. The quantitative estimate of drug-likeness (QED) is 0.0315. The third kappa shape index (κ3) is 16.0. The van der Waals surface area contributed by atoms with Gasteiger partial charge in [-0.15, -0.1) is 0 Å². The van der Waals surface area contributed by atoms with Crippen molar-refractivity contribution >= 4 is 31.4 Å². The summed E-state index contributed by atoms with van der Waals surface area (Å²) in [6.45, 7) is 8.81. The zero-order chi connectivity index (χ0) is 37.9. The van der Waals surface area contributed by atoms with Crippen molar-refractivity contribution in [3.8, 4) is 5.75 Å². The first kappa shape index (κ1) is 43.4. The molecule has 0 bridgehead atoms. The van der Waals surface area contributed by atoms with Crippen molar-refractivity contribution < 1.29 is 63.7 Å². The van der Waals surface area contributed by atoms with Gasteiger partial charge in [0.1, 0.15) is 37.3 Å². The molecule has 15 nitrogen and oxygen atoms in total. The molecule has 1 aromatic carbocycles. The van der Waals surface area contributed by atoms with E-state index in [0.717, 1.165) is 37.8 Å². The third-order valence-corrected chi connectivity index (χ3v) is 7.91. The van der Waals surface area contributed by atoms with Gasteiger partial charge in [0, 0.05) is 18.2 Å². The summed E-state index contributed by atoms with van der Waals surface area (Å²) >= 11 is 0. The van der Waals surface area contributed by atoms with E-state index in [1.165, 1.54) is 29.3 Å². The highest BCUT2D eigenvalue weighted by Crippen LogP contribution is 2.32. The molecule has 0 spiro atoms. The second-order valence-electron chi connectivity index (χ2n) is 12.3. The smallest absolute Gasteiger partial charge is 0.335 e. The molecule has 1 saturated heterocycles. The number of aliphatic hydroxyl groups excluding tert-OH is 3. The van der Waals surface area contributed by atoms with Crippen LogP contribution in [0.1, 0.15) is 83.4 Å². The first-order valence-electron chi connectivity index (χ1n) is 16.9. The molecule has 6 atom stereocenters. The van der Waals surface area contributed by atoms with Crippen molar-refractivity contribution in [2.75, 3.05) is 26.4 Å². The molecule has 0 aromatic heterocycles. The topological polar surface area (TPSA) is 223 Å². The van der Waals surface area contributed by atoms with Gasteiger partial charge in [-0.05, 0) is 70.6 Å². The highest BCUT2D eigenvalue weighted by atomic mass is 16.7. The van der Waals surface area contributed by atoms with E-state index in [4.69, 9.17) is 31.6 Å². The maximum absolute atomic E-state index is 11.8. The fourth-order valence-corrected chi connectivity index (χ4v) is 5.14. The number of rotatable bonds is 23. The van der Waals surface area contributed by atoms with E-state index < -0.39 is 61.0 Å². The molecule has 6 N–H and O–H groups in total. The van der Waals surface area contributed by atoms with Crippen molar-refractivity contribution in [1.82, 2.24) is 5.32 Å². The number of hydrogen-bond acceptors (Lipinski definition) is 13. The molecule has 0 aliphatic carbocycles. The molecule has 1 aliphatic heterocycles. The summed E-state index contributed by atoms with van der Waals surface area (Å²) in [5.41, 5.74) is 4.19. The molecule has 0 saturated carbocycles. The standard InChI is InChI=1S/C35H51BN2O13/c1-5-7-21(2)8-6-9-22(3)10-11-23(4)38-49-17-16-47-15-14-37-26(19-28(39)40)25-18-24(20-48-35(36)46)12-13-27(25)50-34-31(43)29(41)30(42)32(51-34)33(44)45/h7,9,12-13,18,26,29-32,34,37,41-43H,5-6,8,10-11,14-17,19-20H2,1-4H3,(H,39,40)(H,44,45)/b21-7+,22-9+,38-23+/t26-,29+,30+,31-,32+,34-/m1/s1. The summed E-state index contributed by atoms with van der Waals surface area (Å²) in [6.07, 6.45) is -0.525. The molecular weight excluding hydrogens is 667 g/mol. The highest BCUT2D eigenvalue weighted by molar-refractivity contribution is 6.55. The number of allylic oxidation sites excluding steroid dienone is 4. The Kier molecular flexibility index (Phi) is 19.5. The Bertz CT molecular complexity index is 1370. The number of aliphatic hydroxyl groups is 3. The van der Waals surface area contributed by atoms with Gasteiger partial charge in [0.25, 0.3) is 0 Å². The average Bonchev–Trinajstić information content (AvgIpc) is 3.07. The van der Waals surface area contributed by atoms with Crippen LogP contribution >= 0.6 is 0 Å². The molecule has 0 unspecified atom stereocenters. The lowest BCUT2D eigenvalue weighted by Crippen LogP contribution is -2.61. The minimum Gasteiger partial charge on any atom is -0.481 e. The molecule has 282 valence electrons. The molecule has 1 fully saturated rings. The predicted octanol–water partition coefficient (Wildman–Crippen LogP) is 3.14. The Morgan fingerprint density at radius 3 is 2.37 bits per heavy atom. The van der Waals surface area contributed by atoms with Gasteiger partial charge in [-0.2, -0.15) is 0 Å². The van der Waals surface area contributed by atoms with Gasteiger partial charge in [-0.25, -0.2) is 4.79 Å². The van der Waals surface area contributed by atoms with E-state index in [-0.39, 0.29) is 44.3 Å². The fraction of sp³-hybridized carbons (Fsp3) is 0.600. The van der Waals surface area contributed by atoms with Crippen LogP contribution in [0.15, 0.2) is 46.7 Å². The average molecular weight is 719 g/mol. The number of benzene rings is 1. The van der Waals surface area contributed by atoms with Gasteiger partial charge >= 0.3 is 11.9 Å². The normalized spacial score (nSPS) is 21.9. The molecule has 2 radical (unpaired) electrons. The fourth-order valence-electron chi connectivity index (χ4n) is 5.14. The molecule has 1 aliphatic rings. The summed E-state index contributed by atoms with van der Waals surface area (Å²) in [6, 6.07) is 3.38. The van der Waals surface area contributed by atoms with Crippen molar-refractivity contribution in [1.29, 1.82) is 0 Å². The van der Waals surface area contributed by atoms with Crippen LogP contribution in [0.3, 0.4) is 0 Å². The second kappa shape index (κ2) is 22.9. The lowest BCUT2D eigenvalue weighted by molar-refractivity contribution is -0.271. The van der Waals surface area contributed by atoms with E-state index in [2.05, 4.69) is 43.4 Å². The van der Waals surface area contributed by atoms with Gasteiger partial charge < -0.3 is 54.6 Å². The van der Waals surface area contributed by atoms with Crippen LogP contribution in [0, 0.1) is 0 Å². The number of carboxylic acids is 2. The minimum atomic E-state index is -1.93. The molecule has 1 aromatic rings. The van der Waals surface area contributed by atoms with Crippen molar-refractivity contribution in [2.45, 2.75) is 110 Å². The number of nitrogens with one attached hydrogen (secondary N) is 1. The number of carbonyl (C=O) groups is 3. The first-order chi connectivity index (χ1) is 24.2. The number of hydrogen-bond donors (Lipinski definition) is 6. The molecule has 2 rings (SSSR count). The van der Waals surface area contributed by atoms with Crippen LogP contribution in [0.5, 0.6) is 5.75 Å². The number of nitrogens with zero attached hydrogens (tertiary/aromatic N) is 1. The van der Waals surface area contributed by atoms with Crippen LogP contribution in [-0.2, 0) is 35.2 Å². The third-order valence-electron chi connectivity index (χ3n) is 7.91. The van der Waals surface area contributed by atoms with Crippen LogP contribution in [-0.4, -0.2) is 114 Å². The lowest BCUT2D eigenvalue weighted by Gasteiger charge is -2.38. The number of aliphatic carboxylic acids is 2.